The predicted molar refractivity (Wildman–Crippen MR) is 78.7 cm³/mol. The van der Waals surface area contributed by atoms with Gasteiger partial charge in [-0.2, -0.15) is 5.26 Å². The summed E-state index contributed by atoms with van der Waals surface area (Å²) in [5, 5.41) is 11.4. The molecule has 0 heterocycles. The van der Waals surface area contributed by atoms with Crippen LogP contribution >= 0.6 is 0 Å². The molecule has 1 N–H and O–H groups in total. The highest BCUT2D eigenvalue weighted by molar-refractivity contribution is 7.90. The minimum atomic E-state index is -3.25. The van der Waals surface area contributed by atoms with Crippen LogP contribution in [0.2, 0.25) is 0 Å². The van der Waals surface area contributed by atoms with Gasteiger partial charge in [0.2, 0.25) is 0 Å². The molecular weight excluding hydrogens is 288 g/mol. The standard InChI is InChI=1S/C15H12N2O3S/c1-21(19,20)14-8-6-13(7-9-14)17-15(18)12-4-2-11(10-16)3-5-12/h2-9H,1H3,(H,17,18). The number of carbonyl (C=O) groups excluding carboxylic acids is 1. The monoisotopic (exact) mass is 300 g/mol. The number of nitriles is 1. The highest BCUT2D eigenvalue weighted by Gasteiger charge is 2.09. The summed E-state index contributed by atoms with van der Waals surface area (Å²) in [6.07, 6.45) is 1.12. The van der Waals surface area contributed by atoms with Crippen molar-refractivity contribution in [1.82, 2.24) is 0 Å². The summed E-state index contributed by atoms with van der Waals surface area (Å²) in [6, 6.07) is 14.1. The molecule has 2 aromatic rings. The van der Waals surface area contributed by atoms with E-state index in [4.69, 9.17) is 5.26 Å². The molecule has 106 valence electrons. The second-order valence-electron chi connectivity index (χ2n) is 4.44. The van der Waals surface area contributed by atoms with Crippen LogP contribution in [0.5, 0.6) is 0 Å². The maximum absolute atomic E-state index is 12.0. The van der Waals surface area contributed by atoms with Crippen molar-refractivity contribution in [3.63, 3.8) is 0 Å². The van der Waals surface area contributed by atoms with Crippen LogP contribution in [0.15, 0.2) is 53.4 Å². The minimum Gasteiger partial charge on any atom is -0.322 e. The Labute approximate surface area is 122 Å². The Hall–Kier alpha value is -2.65. The van der Waals surface area contributed by atoms with Crippen LogP contribution in [0, 0.1) is 11.3 Å². The molecule has 0 fully saturated rings. The van der Waals surface area contributed by atoms with Crippen molar-refractivity contribution in [2.24, 2.45) is 0 Å². The second-order valence-corrected chi connectivity index (χ2v) is 6.46. The van der Waals surface area contributed by atoms with Gasteiger partial charge in [0.05, 0.1) is 16.5 Å². The van der Waals surface area contributed by atoms with E-state index in [0.717, 1.165) is 6.26 Å². The van der Waals surface area contributed by atoms with Gasteiger partial charge in [0, 0.05) is 17.5 Å². The summed E-state index contributed by atoms with van der Waals surface area (Å²) >= 11 is 0. The van der Waals surface area contributed by atoms with Crippen molar-refractivity contribution in [2.45, 2.75) is 4.90 Å². The minimum absolute atomic E-state index is 0.193. The van der Waals surface area contributed by atoms with Crippen LogP contribution in [0.3, 0.4) is 0 Å². The normalized spacial score (nSPS) is 10.7. The van der Waals surface area contributed by atoms with Crippen molar-refractivity contribution in [1.29, 1.82) is 5.26 Å². The SMILES string of the molecule is CS(=O)(=O)c1ccc(NC(=O)c2ccc(C#N)cc2)cc1. The fourth-order valence-corrected chi connectivity index (χ4v) is 2.32. The van der Waals surface area contributed by atoms with Gasteiger partial charge in [0.25, 0.3) is 5.91 Å². The van der Waals surface area contributed by atoms with E-state index in [2.05, 4.69) is 5.32 Å². The lowest BCUT2D eigenvalue weighted by molar-refractivity contribution is 0.102. The van der Waals surface area contributed by atoms with Gasteiger partial charge in [0.15, 0.2) is 9.84 Å². The first-order chi connectivity index (χ1) is 9.90. The van der Waals surface area contributed by atoms with Crippen LogP contribution in [-0.2, 0) is 9.84 Å². The summed E-state index contributed by atoms with van der Waals surface area (Å²) in [5.74, 6) is -0.327. The Morgan fingerprint density at radius 3 is 2.10 bits per heavy atom. The van der Waals surface area contributed by atoms with Crippen molar-refractivity contribution in [2.75, 3.05) is 11.6 Å². The molecule has 0 atom stereocenters. The van der Waals surface area contributed by atoms with Crippen molar-refractivity contribution in [3.8, 4) is 6.07 Å². The quantitative estimate of drug-likeness (QED) is 0.941. The van der Waals surface area contributed by atoms with E-state index in [9.17, 15) is 13.2 Å². The molecule has 0 bridgehead atoms. The average Bonchev–Trinajstić information content (AvgIpc) is 2.47. The zero-order valence-electron chi connectivity index (χ0n) is 11.2. The zero-order chi connectivity index (χ0) is 15.5. The molecule has 2 aromatic carbocycles. The fraction of sp³-hybridized carbons (Fsp3) is 0.0667. The number of nitrogens with one attached hydrogen (secondary N) is 1. The number of nitrogens with zero attached hydrogens (tertiary/aromatic N) is 1. The van der Waals surface area contributed by atoms with Gasteiger partial charge < -0.3 is 5.32 Å². The second kappa shape index (κ2) is 5.77. The Morgan fingerprint density at radius 2 is 1.62 bits per heavy atom. The van der Waals surface area contributed by atoms with E-state index < -0.39 is 9.84 Å². The third kappa shape index (κ3) is 3.68. The van der Waals surface area contributed by atoms with Gasteiger partial charge in [0.1, 0.15) is 0 Å². The molecule has 0 unspecified atom stereocenters. The van der Waals surface area contributed by atoms with Crippen molar-refractivity contribution in [3.05, 3.63) is 59.7 Å². The molecule has 5 nitrogen and oxygen atoms in total. The lowest BCUT2D eigenvalue weighted by Gasteiger charge is -2.06. The van der Waals surface area contributed by atoms with E-state index in [1.54, 1.807) is 24.3 Å². The zero-order valence-corrected chi connectivity index (χ0v) is 12.0. The number of benzene rings is 2. The van der Waals surface area contributed by atoms with E-state index >= 15 is 0 Å². The Balaban J connectivity index is 2.14. The molecule has 0 aliphatic heterocycles. The highest BCUT2D eigenvalue weighted by atomic mass is 32.2. The lowest BCUT2D eigenvalue weighted by Crippen LogP contribution is -2.11. The van der Waals surface area contributed by atoms with Crippen LogP contribution in [-0.4, -0.2) is 20.6 Å². The van der Waals surface area contributed by atoms with Crippen molar-refractivity contribution >= 4 is 21.4 Å². The third-order valence-corrected chi connectivity index (χ3v) is 3.94. The molecule has 6 heteroatoms. The molecule has 0 aromatic heterocycles. The average molecular weight is 300 g/mol. The first kappa shape index (κ1) is 14.8. The maximum Gasteiger partial charge on any atom is 0.255 e. The van der Waals surface area contributed by atoms with Gasteiger partial charge in [-0.15, -0.1) is 0 Å². The van der Waals surface area contributed by atoms with E-state index in [-0.39, 0.29) is 10.8 Å². The summed E-state index contributed by atoms with van der Waals surface area (Å²) in [6.45, 7) is 0. The van der Waals surface area contributed by atoms with Gasteiger partial charge in [-0.3, -0.25) is 4.79 Å². The summed E-state index contributed by atoms with van der Waals surface area (Å²) in [7, 11) is -3.25. The van der Waals surface area contributed by atoms with Crippen LogP contribution in [0.4, 0.5) is 5.69 Å². The summed E-state index contributed by atoms with van der Waals surface area (Å²) in [4.78, 5) is 12.2. The van der Waals surface area contributed by atoms with Gasteiger partial charge in [-0.25, -0.2) is 8.42 Å². The number of amides is 1. The molecule has 0 spiro atoms. The molecule has 21 heavy (non-hydrogen) atoms. The number of sulfone groups is 1. The Bertz CT molecular complexity index is 801. The van der Waals surface area contributed by atoms with E-state index in [0.29, 0.717) is 16.8 Å². The molecule has 1 amide bonds. The van der Waals surface area contributed by atoms with Crippen molar-refractivity contribution < 1.29 is 13.2 Å². The van der Waals surface area contributed by atoms with Gasteiger partial charge in [-0.1, -0.05) is 0 Å². The lowest BCUT2D eigenvalue weighted by atomic mass is 10.1. The number of hydrogen-bond acceptors (Lipinski definition) is 4. The smallest absolute Gasteiger partial charge is 0.255 e. The van der Waals surface area contributed by atoms with E-state index in [1.807, 2.05) is 6.07 Å². The largest absolute Gasteiger partial charge is 0.322 e. The molecular formula is C15H12N2O3S. The number of carbonyl (C=O) groups is 1. The topological polar surface area (TPSA) is 87.0 Å². The molecule has 0 saturated heterocycles. The number of rotatable bonds is 3. The third-order valence-electron chi connectivity index (χ3n) is 2.82. The Morgan fingerprint density at radius 1 is 1.05 bits per heavy atom. The first-order valence-electron chi connectivity index (χ1n) is 6.02. The molecule has 2 rings (SSSR count). The van der Waals surface area contributed by atoms with Gasteiger partial charge >= 0.3 is 0 Å². The Kier molecular flexibility index (Phi) is 4.05. The van der Waals surface area contributed by atoms with Crippen LogP contribution in [0.25, 0.3) is 0 Å². The van der Waals surface area contributed by atoms with Crippen LogP contribution in [0.1, 0.15) is 15.9 Å². The first-order valence-corrected chi connectivity index (χ1v) is 7.91. The number of hydrogen-bond donors (Lipinski definition) is 1. The van der Waals surface area contributed by atoms with Gasteiger partial charge in [-0.05, 0) is 48.5 Å². The molecule has 0 aliphatic carbocycles. The highest BCUT2D eigenvalue weighted by Crippen LogP contribution is 2.15. The molecule has 0 aliphatic rings. The predicted octanol–water partition coefficient (Wildman–Crippen LogP) is 2.21. The molecule has 0 radical (unpaired) electrons. The van der Waals surface area contributed by atoms with E-state index in [1.165, 1.54) is 24.3 Å². The van der Waals surface area contributed by atoms with Crippen LogP contribution < -0.4 is 5.32 Å². The number of anilines is 1. The summed E-state index contributed by atoms with van der Waals surface area (Å²) < 4.78 is 22.7. The summed E-state index contributed by atoms with van der Waals surface area (Å²) in [5.41, 5.74) is 1.39. The maximum atomic E-state index is 12.0. The molecule has 0 saturated carbocycles. The fourth-order valence-electron chi connectivity index (χ4n) is 1.68.